The summed E-state index contributed by atoms with van der Waals surface area (Å²) in [6, 6.07) is 3.72. The molecule has 0 saturated carbocycles. The molecule has 0 aliphatic carbocycles. The van der Waals surface area contributed by atoms with Crippen molar-refractivity contribution in [2.24, 2.45) is 0 Å². The van der Waals surface area contributed by atoms with Crippen LogP contribution in [-0.4, -0.2) is 26.7 Å². The predicted octanol–water partition coefficient (Wildman–Crippen LogP) is 1.97. The van der Waals surface area contributed by atoms with Gasteiger partial charge in [0.25, 0.3) is 0 Å². The zero-order chi connectivity index (χ0) is 14.3. The van der Waals surface area contributed by atoms with Crippen LogP contribution in [0.3, 0.4) is 0 Å². The number of aliphatic hydroxyl groups is 1. The molecule has 0 unspecified atom stereocenters. The summed E-state index contributed by atoms with van der Waals surface area (Å²) in [4.78, 5) is -0.0112. The first kappa shape index (κ1) is 16.1. The Hall–Kier alpha value is -0.980. The third-order valence-electron chi connectivity index (χ3n) is 2.82. The molecule has 1 aromatic rings. The Kier molecular flexibility index (Phi) is 6.41. The molecule has 0 saturated heterocycles. The predicted molar refractivity (Wildman–Crippen MR) is 71.9 cm³/mol. The first-order chi connectivity index (χ1) is 8.97. The summed E-state index contributed by atoms with van der Waals surface area (Å²) in [6.07, 6.45) is 3.16. The highest BCUT2D eigenvalue weighted by Gasteiger charge is 2.16. The van der Waals surface area contributed by atoms with Crippen molar-refractivity contribution in [2.75, 3.05) is 13.2 Å². The van der Waals surface area contributed by atoms with Gasteiger partial charge in [0.15, 0.2) is 0 Å². The Bertz CT molecular complexity index is 503. The van der Waals surface area contributed by atoms with E-state index in [1.807, 2.05) is 0 Å². The second-order valence-electron chi connectivity index (χ2n) is 4.45. The van der Waals surface area contributed by atoms with Crippen LogP contribution in [0, 0.1) is 12.7 Å². The van der Waals surface area contributed by atoms with Crippen LogP contribution in [0.1, 0.15) is 31.2 Å². The largest absolute Gasteiger partial charge is 0.396 e. The van der Waals surface area contributed by atoms with Crippen molar-refractivity contribution in [3.05, 3.63) is 29.6 Å². The molecule has 0 aliphatic rings. The highest BCUT2D eigenvalue weighted by Crippen LogP contribution is 2.16. The quantitative estimate of drug-likeness (QED) is 0.719. The van der Waals surface area contributed by atoms with Gasteiger partial charge in [-0.05, 0) is 37.5 Å². The van der Waals surface area contributed by atoms with Crippen LogP contribution in [0.4, 0.5) is 4.39 Å². The number of benzene rings is 1. The van der Waals surface area contributed by atoms with Gasteiger partial charge in [-0.2, -0.15) is 0 Å². The monoisotopic (exact) mass is 289 g/mol. The van der Waals surface area contributed by atoms with E-state index in [0.717, 1.165) is 25.3 Å². The third-order valence-corrected chi connectivity index (χ3v) is 4.42. The standard InChI is InChI=1S/C13H20FNO3S/c1-11-6-7-12(14)10-13(11)19(17,18)15-8-4-2-3-5-9-16/h6-7,10,15-16H,2-5,8-9H2,1H3. The van der Waals surface area contributed by atoms with Crippen molar-refractivity contribution in [3.63, 3.8) is 0 Å². The summed E-state index contributed by atoms with van der Waals surface area (Å²) in [5.41, 5.74) is 0.522. The van der Waals surface area contributed by atoms with Crippen molar-refractivity contribution in [1.82, 2.24) is 4.72 Å². The fourth-order valence-electron chi connectivity index (χ4n) is 1.74. The molecule has 0 aliphatic heterocycles. The Morgan fingerprint density at radius 2 is 1.89 bits per heavy atom. The fourth-order valence-corrected chi connectivity index (χ4v) is 3.07. The van der Waals surface area contributed by atoms with E-state index < -0.39 is 15.8 Å². The molecule has 1 rings (SSSR count). The maximum absolute atomic E-state index is 13.1. The Labute approximate surface area is 113 Å². The average Bonchev–Trinajstić information content (AvgIpc) is 2.36. The molecule has 0 spiro atoms. The van der Waals surface area contributed by atoms with E-state index in [9.17, 15) is 12.8 Å². The Balaban J connectivity index is 2.54. The van der Waals surface area contributed by atoms with Gasteiger partial charge in [0.2, 0.25) is 10.0 Å². The zero-order valence-corrected chi connectivity index (χ0v) is 11.8. The Morgan fingerprint density at radius 1 is 1.21 bits per heavy atom. The van der Waals surface area contributed by atoms with E-state index in [-0.39, 0.29) is 11.5 Å². The number of sulfonamides is 1. The van der Waals surface area contributed by atoms with E-state index in [0.29, 0.717) is 18.5 Å². The number of nitrogens with one attached hydrogen (secondary N) is 1. The van der Waals surface area contributed by atoms with Gasteiger partial charge in [0.05, 0.1) is 4.90 Å². The minimum Gasteiger partial charge on any atom is -0.396 e. The average molecular weight is 289 g/mol. The summed E-state index contributed by atoms with van der Waals surface area (Å²) >= 11 is 0. The van der Waals surface area contributed by atoms with Gasteiger partial charge in [-0.15, -0.1) is 0 Å². The topological polar surface area (TPSA) is 66.4 Å². The smallest absolute Gasteiger partial charge is 0.240 e. The van der Waals surface area contributed by atoms with Crippen molar-refractivity contribution in [1.29, 1.82) is 0 Å². The van der Waals surface area contributed by atoms with Crippen LogP contribution in [0.2, 0.25) is 0 Å². The molecule has 0 radical (unpaired) electrons. The minimum absolute atomic E-state index is 0.0112. The Morgan fingerprint density at radius 3 is 2.58 bits per heavy atom. The molecule has 0 atom stereocenters. The lowest BCUT2D eigenvalue weighted by molar-refractivity contribution is 0.282. The van der Waals surface area contributed by atoms with Gasteiger partial charge in [-0.25, -0.2) is 17.5 Å². The first-order valence-corrected chi connectivity index (χ1v) is 7.82. The lowest BCUT2D eigenvalue weighted by Crippen LogP contribution is -2.25. The fraction of sp³-hybridized carbons (Fsp3) is 0.538. The summed E-state index contributed by atoms with van der Waals surface area (Å²) in [6.45, 7) is 2.12. The number of aliphatic hydroxyl groups excluding tert-OH is 1. The maximum atomic E-state index is 13.1. The number of halogens is 1. The number of hydrogen-bond donors (Lipinski definition) is 2. The molecule has 0 aromatic heterocycles. The van der Waals surface area contributed by atoms with E-state index in [1.165, 1.54) is 12.1 Å². The second kappa shape index (κ2) is 7.57. The lowest BCUT2D eigenvalue weighted by Gasteiger charge is -2.09. The molecule has 2 N–H and O–H groups in total. The number of hydrogen-bond acceptors (Lipinski definition) is 3. The van der Waals surface area contributed by atoms with Crippen LogP contribution in [0.5, 0.6) is 0 Å². The van der Waals surface area contributed by atoms with Crippen LogP contribution < -0.4 is 4.72 Å². The first-order valence-electron chi connectivity index (χ1n) is 6.34. The van der Waals surface area contributed by atoms with Gasteiger partial charge >= 0.3 is 0 Å². The summed E-state index contributed by atoms with van der Waals surface area (Å²) in [5, 5.41) is 8.61. The number of rotatable bonds is 8. The summed E-state index contributed by atoms with van der Waals surface area (Å²) < 4.78 is 39.5. The van der Waals surface area contributed by atoms with Gasteiger partial charge in [-0.1, -0.05) is 18.9 Å². The lowest BCUT2D eigenvalue weighted by atomic mass is 10.2. The van der Waals surface area contributed by atoms with Crippen LogP contribution in [0.15, 0.2) is 23.1 Å². The second-order valence-corrected chi connectivity index (χ2v) is 6.18. The summed E-state index contributed by atoms with van der Waals surface area (Å²) in [7, 11) is -3.65. The highest BCUT2D eigenvalue weighted by molar-refractivity contribution is 7.89. The SMILES string of the molecule is Cc1ccc(F)cc1S(=O)(=O)NCCCCCCO. The molecule has 4 nitrogen and oxygen atoms in total. The van der Waals surface area contributed by atoms with E-state index in [4.69, 9.17) is 5.11 Å². The zero-order valence-electron chi connectivity index (χ0n) is 11.0. The molecule has 0 bridgehead atoms. The molecular weight excluding hydrogens is 269 g/mol. The van der Waals surface area contributed by atoms with Crippen LogP contribution >= 0.6 is 0 Å². The molecule has 1 aromatic carbocycles. The normalized spacial score (nSPS) is 11.7. The van der Waals surface area contributed by atoms with E-state index in [1.54, 1.807) is 6.92 Å². The molecule has 0 amide bonds. The maximum Gasteiger partial charge on any atom is 0.240 e. The third kappa shape index (κ3) is 5.26. The van der Waals surface area contributed by atoms with Crippen molar-refractivity contribution in [3.8, 4) is 0 Å². The van der Waals surface area contributed by atoms with Gasteiger partial charge in [-0.3, -0.25) is 0 Å². The minimum atomic E-state index is -3.65. The molecule has 0 fully saturated rings. The molecular formula is C13H20FNO3S. The highest BCUT2D eigenvalue weighted by atomic mass is 32.2. The van der Waals surface area contributed by atoms with Gasteiger partial charge in [0.1, 0.15) is 5.82 Å². The van der Waals surface area contributed by atoms with Gasteiger partial charge < -0.3 is 5.11 Å². The van der Waals surface area contributed by atoms with Crippen molar-refractivity contribution in [2.45, 2.75) is 37.5 Å². The molecule has 108 valence electrons. The number of unbranched alkanes of at least 4 members (excludes halogenated alkanes) is 3. The molecule has 6 heteroatoms. The van der Waals surface area contributed by atoms with E-state index >= 15 is 0 Å². The molecule has 19 heavy (non-hydrogen) atoms. The van der Waals surface area contributed by atoms with Gasteiger partial charge in [0, 0.05) is 13.2 Å². The molecule has 0 heterocycles. The van der Waals surface area contributed by atoms with E-state index in [2.05, 4.69) is 4.72 Å². The van der Waals surface area contributed by atoms with Crippen molar-refractivity contribution < 1.29 is 17.9 Å². The van der Waals surface area contributed by atoms with Crippen LogP contribution in [-0.2, 0) is 10.0 Å². The number of aryl methyl sites for hydroxylation is 1. The summed E-state index contributed by atoms with van der Waals surface area (Å²) in [5.74, 6) is -0.561. The van der Waals surface area contributed by atoms with Crippen molar-refractivity contribution >= 4 is 10.0 Å². The van der Waals surface area contributed by atoms with Crippen LogP contribution in [0.25, 0.3) is 0 Å².